The summed E-state index contributed by atoms with van der Waals surface area (Å²) in [4.78, 5) is 38.0. The second kappa shape index (κ2) is 9.62. The average molecular weight is 452 g/mol. The number of carbonyl (C=O) groups is 3. The fourth-order valence-corrected chi connectivity index (χ4v) is 4.47. The molecule has 2 aliphatic carbocycles. The molecule has 33 heavy (non-hydrogen) atoms. The molecule has 0 unspecified atom stereocenters. The van der Waals surface area contributed by atoms with Crippen LogP contribution in [0.2, 0.25) is 0 Å². The molecule has 0 radical (unpaired) electrons. The van der Waals surface area contributed by atoms with Gasteiger partial charge >= 0.3 is 12.1 Å². The number of carbonyl (C=O) groups excluding carboxylic acids is 2. The molecule has 3 N–H and O–H groups in total. The van der Waals surface area contributed by atoms with Gasteiger partial charge in [0, 0.05) is 19.0 Å². The number of carboxylic acid groups (broad SMARTS) is 1. The van der Waals surface area contributed by atoms with Crippen molar-refractivity contribution in [1.29, 1.82) is 0 Å². The number of nitrogens with one attached hydrogen (secondary N) is 2. The van der Waals surface area contributed by atoms with Crippen LogP contribution in [0.3, 0.4) is 0 Å². The van der Waals surface area contributed by atoms with Gasteiger partial charge in [0.25, 0.3) is 0 Å². The first-order chi connectivity index (χ1) is 15.8. The molecule has 8 heteroatoms. The maximum Gasteiger partial charge on any atom is 0.407 e. The van der Waals surface area contributed by atoms with Crippen molar-refractivity contribution >= 4 is 18.0 Å². The van der Waals surface area contributed by atoms with Crippen molar-refractivity contribution in [2.24, 2.45) is 11.8 Å². The maximum atomic E-state index is 12.7. The predicted octanol–water partition coefficient (Wildman–Crippen LogP) is 2.29. The Kier molecular flexibility index (Phi) is 6.65. The predicted molar refractivity (Wildman–Crippen MR) is 123 cm³/mol. The van der Waals surface area contributed by atoms with Gasteiger partial charge in [0.1, 0.15) is 12.6 Å². The first-order valence-electron chi connectivity index (χ1n) is 11.1. The van der Waals surface area contributed by atoms with Crippen LogP contribution in [0.5, 0.6) is 0 Å². The van der Waals surface area contributed by atoms with E-state index in [1.165, 1.54) is 0 Å². The summed E-state index contributed by atoms with van der Waals surface area (Å²) < 4.78 is 5.56. The fraction of sp³-hybridized carbons (Fsp3) is 0.400. The number of alkyl carbamates (subject to hydrolysis) is 1. The summed E-state index contributed by atoms with van der Waals surface area (Å²) in [6.07, 6.45) is -0.0954. The van der Waals surface area contributed by atoms with Crippen LogP contribution < -0.4 is 10.6 Å². The van der Waals surface area contributed by atoms with Gasteiger partial charge < -0.3 is 25.4 Å². The zero-order valence-electron chi connectivity index (χ0n) is 18.8. The summed E-state index contributed by atoms with van der Waals surface area (Å²) in [5, 5.41) is 14.4. The second-order valence-electron chi connectivity index (χ2n) is 8.97. The van der Waals surface area contributed by atoms with E-state index in [2.05, 4.69) is 22.8 Å². The second-order valence-corrected chi connectivity index (χ2v) is 8.97. The SMILES string of the molecule is CN(C)C[C@H](NC(=O)OCC1c2ccccc2-c2ccccc21)C(=O)NC[C@H]1C[C@H]1C(=O)O. The molecule has 4 rings (SSSR count). The Labute approximate surface area is 192 Å². The smallest absolute Gasteiger partial charge is 0.407 e. The molecule has 0 heterocycles. The van der Waals surface area contributed by atoms with E-state index in [0.717, 1.165) is 22.3 Å². The number of hydrogen-bond donors (Lipinski definition) is 3. The largest absolute Gasteiger partial charge is 0.481 e. The van der Waals surface area contributed by atoms with Crippen molar-refractivity contribution in [3.05, 3.63) is 59.7 Å². The van der Waals surface area contributed by atoms with Crippen molar-refractivity contribution in [2.45, 2.75) is 18.4 Å². The minimum absolute atomic E-state index is 0.0547. The number of amides is 2. The number of fused-ring (bicyclic) bond motifs is 3. The molecular weight excluding hydrogens is 422 g/mol. The van der Waals surface area contributed by atoms with Crippen LogP contribution in [-0.2, 0) is 14.3 Å². The minimum atomic E-state index is -0.837. The molecule has 0 saturated heterocycles. The number of rotatable bonds is 9. The van der Waals surface area contributed by atoms with Crippen LogP contribution in [0.1, 0.15) is 23.5 Å². The topological polar surface area (TPSA) is 108 Å². The summed E-state index contributed by atoms with van der Waals surface area (Å²) in [6, 6.07) is 15.4. The summed E-state index contributed by atoms with van der Waals surface area (Å²) in [5.41, 5.74) is 4.52. The third-order valence-corrected chi connectivity index (χ3v) is 6.28. The van der Waals surface area contributed by atoms with E-state index in [4.69, 9.17) is 9.84 Å². The first kappa shape index (κ1) is 22.8. The van der Waals surface area contributed by atoms with Crippen LogP contribution in [0, 0.1) is 11.8 Å². The molecule has 0 bridgehead atoms. The molecule has 0 spiro atoms. The summed E-state index contributed by atoms with van der Waals surface area (Å²) in [6.45, 7) is 0.744. The number of nitrogens with zero attached hydrogens (tertiary/aromatic N) is 1. The Hall–Kier alpha value is -3.39. The molecule has 0 aliphatic heterocycles. The molecule has 2 aromatic carbocycles. The third-order valence-electron chi connectivity index (χ3n) is 6.28. The normalized spacial score (nSPS) is 19.4. The van der Waals surface area contributed by atoms with Gasteiger partial charge in [0.2, 0.25) is 5.91 Å². The van der Waals surface area contributed by atoms with Gasteiger partial charge in [-0.25, -0.2) is 4.79 Å². The van der Waals surface area contributed by atoms with Crippen molar-refractivity contribution in [3.63, 3.8) is 0 Å². The molecule has 8 nitrogen and oxygen atoms in total. The van der Waals surface area contributed by atoms with E-state index in [-0.39, 0.29) is 30.9 Å². The first-order valence-corrected chi connectivity index (χ1v) is 11.1. The van der Waals surface area contributed by atoms with Gasteiger partial charge in [-0.3, -0.25) is 9.59 Å². The quantitative estimate of drug-likeness (QED) is 0.540. The fourth-order valence-electron chi connectivity index (χ4n) is 4.47. The number of carboxylic acids is 1. The third kappa shape index (κ3) is 5.17. The summed E-state index contributed by atoms with van der Waals surface area (Å²) in [7, 11) is 3.61. The highest BCUT2D eigenvalue weighted by molar-refractivity contribution is 5.86. The van der Waals surface area contributed by atoms with Crippen molar-refractivity contribution in [3.8, 4) is 11.1 Å². The van der Waals surface area contributed by atoms with Crippen molar-refractivity contribution in [2.75, 3.05) is 33.8 Å². The van der Waals surface area contributed by atoms with E-state index < -0.39 is 24.0 Å². The minimum Gasteiger partial charge on any atom is -0.481 e. The standard InChI is InChI=1S/C25H29N3O5/c1-28(2)13-22(23(29)26-12-15-11-20(15)24(30)31)27-25(32)33-14-21-18-9-5-3-7-16(18)17-8-4-6-10-19(17)21/h3-10,15,20-22H,11-14H2,1-2H3,(H,26,29)(H,27,32)(H,30,31)/t15-,20-,22+/m1/s1. The molecule has 2 amide bonds. The molecule has 174 valence electrons. The molecule has 1 fully saturated rings. The highest BCUT2D eigenvalue weighted by Gasteiger charge is 2.43. The van der Waals surface area contributed by atoms with Crippen LogP contribution in [0.25, 0.3) is 11.1 Å². The van der Waals surface area contributed by atoms with E-state index in [1.54, 1.807) is 19.0 Å². The highest BCUT2D eigenvalue weighted by Crippen LogP contribution is 2.44. The maximum absolute atomic E-state index is 12.7. The van der Waals surface area contributed by atoms with E-state index in [9.17, 15) is 14.4 Å². The molecule has 1 saturated carbocycles. The van der Waals surface area contributed by atoms with Crippen molar-refractivity contribution in [1.82, 2.24) is 15.5 Å². The monoisotopic (exact) mass is 451 g/mol. The average Bonchev–Trinajstić information content (AvgIpc) is 3.51. The Morgan fingerprint density at radius 2 is 1.67 bits per heavy atom. The van der Waals surface area contributed by atoms with Gasteiger partial charge in [-0.2, -0.15) is 0 Å². The van der Waals surface area contributed by atoms with Gasteiger partial charge in [-0.05, 0) is 48.7 Å². The lowest BCUT2D eigenvalue weighted by Crippen LogP contribution is -2.52. The molecular formula is C25H29N3O5. The van der Waals surface area contributed by atoms with Crippen LogP contribution in [-0.4, -0.2) is 67.8 Å². The number of ether oxygens (including phenoxy) is 1. The Bertz CT molecular complexity index is 1010. The molecule has 2 aliphatic rings. The van der Waals surface area contributed by atoms with E-state index in [0.29, 0.717) is 13.0 Å². The Morgan fingerprint density at radius 1 is 1.06 bits per heavy atom. The molecule has 2 aromatic rings. The van der Waals surface area contributed by atoms with Gasteiger partial charge in [0.05, 0.1) is 5.92 Å². The zero-order valence-corrected chi connectivity index (χ0v) is 18.8. The van der Waals surface area contributed by atoms with Crippen LogP contribution in [0.15, 0.2) is 48.5 Å². The van der Waals surface area contributed by atoms with Crippen LogP contribution in [0.4, 0.5) is 4.79 Å². The van der Waals surface area contributed by atoms with Crippen LogP contribution >= 0.6 is 0 Å². The number of likely N-dealkylation sites (N-methyl/N-ethyl adjacent to an activating group) is 1. The summed E-state index contributed by atoms with van der Waals surface area (Å²) in [5.74, 6) is -1.70. The lowest BCUT2D eigenvalue weighted by molar-refractivity contribution is -0.139. The number of benzene rings is 2. The van der Waals surface area contributed by atoms with Gasteiger partial charge in [-0.1, -0.05) is 48.5 Å². The number of aliphatic carboxylic acids is 1. The Balaban J connectivity index is 1.35. The van der Waals surface area contributed by atoms with Gasteiger partial charge in [0.15, 0.2) is 0 Å². The number of hydrogen-bond acceptors (Lipinski definition) is 5. The lowest BCUT2D eigenvalue weighted by atomic mass is 9.98. The van der Waals surface area contributed by atoms with E-state index >= 15 is 0 Å². The molecule has 0 aromatic heterocycles. The molecule has 3 atom stereocenters. The zero-order chi connectivity index (χ0) is 23.5. The highest BCUT2D eigenvalue weighted by atomic mass is 16.5. The van der Waals surface area contributed by atoms with E-state index in [1.807, 2.05) is 36.4 Å². The van der Waals surface area contributed by atoms with Crippen molar-refractivity contribution < 1.29 is 24.2 Å². The lowest BCUT2D eigenvalue weighted by Gasteiger charge is -2.22. The van der Waals surface area contributed by atoms with Gasteiger partial charge in [-0.15, -0.1) is 0 Å². The Morgan fingerprint density at radius 3 is 2.21 bits per heavy atom. The summed E-state index contributed by atoms with van der Waals surface area (Å²) >= 11 is 0.